The van der Waals surface area contributed by atoms with E-state index >= 15 is 0 Å². The molecule has 0 bridgehead atoms. The summed E-state index contributed by atoms with van der Waals surface area (Å²) < 4.78 is 38.0. The zero-order chi connectivity index (χ0) is 14.6. The minimum Gasteiger partial charge on any atom is -0.271 e. The summed E-state index contributed by atoms with van der Waals surface area (Å²) in [5, 5.41) is 0. The van der Waals surface area contributed by atoms with E-state index in [2.05, 4.69) is 5.43 Å². The van der Waals surface area contributed by atoms with Crippen molar-refractivity contribution in [3.63, 3.8) is 0 Å². The molecule has 2 nitrogen and oxygen atoms in total. The quantitative estimate of drug-likeness (QED) is 0.657. The summed E-state index contributed by atoms with van der Waals surface area (Å²) in [6.45, 7) is 0. The maximum atomic E-state index is 12.7. The first-order valence-corrected chi connectivity index (χ1v) is 7.07. The van der Waals surface area contributed by atoms with E-state index in [1.165, 1.54) is 0 Å². The third-order valence-electron chi connectivity index (χ3n) is 4.32. The van der Waals surface area contributed by atoms with Gasteiger partial charge in [0.1, 0.15) is 0 Å². The molecule has 1 aromatic rings. The molecule has 3 N–H and O–H groups in total. The van der Waals surface area contributed by atoms with Gasteiger partial charge >= 0.3 is 6.18 Å². The number of alkyl halides is 3. The number of rotatable bonds is 4. The fourth-order valence-corrected chi connectivity index (χ4v) is 3.08. The van der Waals surface area contributed by atoms with Crippen LogP contribution in [0.5, 0.6) is 0 Å². The lowest BCUT2D eigenvalue weighted by molar-refractivity contribution is -0.184. The van der Waals surface area contributed by atoms with Crippen molar-refractivity contribution >= 4 is 0 Å². The number of hydrogen-bond donors (Lipinski definition) is 2. The Hall–Kier alpha value is -1.07. The van der Waals surface area contributed by atoms with Crippen molar-refractivity contribution < 1.29 is 13.2 Å². The highest BCUT2D eigenvalue weighted by Crippen LogP contribution is 2.40. The third-order valence-corrected chi connectivity index (χ3v) is 4.32. The second-order valence-electron chi connectivity index (χ2n) is 5.62. The molecule has 1 aliphatic rings. The first-order valence-electron chi connectivity index (χ1n) is 7.07. The van der Waals surface area contributed by atoms with Gasteiger partial charge in [0.25, 0.3) is 0 Å². The first kappa shape index (κ1) is 15.3. The molecule has 0 aliphatic heterocycles. The monoisotopic (exact) mass is 286 g/mol. The van der Waals surface area contributed by atoms with Crippen molar-refractivity contribution in [1.29, 1.82) is 0 Å². The van der Waals surface area contributed by atoms with Gasteiger partial charge in [-0.1, -0.05) is 30.3 Å². The van der Waals surface area contributed by atoms with E-state index < -0.39 is 12.1 Å². The summed E-state index contributed by atoms with van der Waals surface area (Å²) in [5.41, 5.74) is 3.95. The van der Waals surface area contributed by atoms with Crippen LogP contribution in [0, 0.1) is 11.8 Å². The lowest BCUT2D eigenvalue weighted by Crippen LogP contribution is -2.44. The Kier molecular flexibility index (Phi) is 5.05. The average Bonchev–Trinajstić information content (AvgIpc) is 2.45. The zero-order valence-electron chi connectivity index (χ0n) is 11.4. The third kappa shape index (κ3) is 3.96. The van der Waals surface area contributed by atoms with Crippen LogP contribution in [0.1, 0.15) is 31.2 Å². The van der Waals surface area contributed by atoms with Crippen molar-refractivity contribution in [3.8, 4) is 0 Å². The molecule has 2 rings (SSSR count). The Balaban J connectivity index is 1.91. The molecule has 5 heteroatoms. The van der Waals surface area contributed by atoms with Gasteiger partial charge in [-0.2, -0.15) is 13.2 Å². The van der Waals surface area contributed by atoms with Crippen LogP contribution in [-0.2, 0) is 6.42 Å². The van der Waals surface area contributed by atoms with Crippen LogP contribution in [0.4, 0.5) is 13.2 Å². The van der Waals surface area contributed by atoms with Gasteiger partial charge in [0.15, 0.2) is 0 Å². The van der Waals surface area contributed by atoms with Gasteiger partial charge in [0.05, 0.1) is 5.92 Å². The molecule has 0 spiro atoms. The molecule has 1 fully saturated rings. The molecule has 1 atom stereocenters. The molecular weight excluding hydrogens is 265 g/mol. The summed E-state index contributed by atoms with van der Waals surface area (Å²) in [6.07, 6.45) is -1.66. The SMILES string of the molecule is NNC(Cc1ccccc1)C1CCC(C(F)(F)F)CC1. The number of hydrogen-bond acceptors (Lipinski definition) is 2. The highest BCUT2D eigenvalue weighted by molar-refractivity contribution is 5.16. The molecule has 112 valence electrons. The lowest BCUT2D eigenvalue weighted by atomic mass is 9.77. The van der Waals surface area contributed by atoms with Crippen molar-refractivity contribution in [2.24, 2.45) is 17.7 Å². The number of hydrazine groups is 1. The maximum absolute atomic E-state index is 12.7. The fourth-order valence-electron chi connectivity index (χ4n) is 3.08. The van der Waals surface area contributed by atoms with E-state index in [1.54, 1.807) is 0 Å². The molecule has 0 heterocycles. The zero-order valence-corrected chi connectivity index (χ0v) is 11.4. The second kappa shape index (κ2) is 6.59. The number of benzene rings is 1. The Morgan fingerprint density at radius 2 is 1.70 bits per heavy atom. The van der Waals surface area contributed by atoms with Crippen LogP contribution < -0.4 is 11.3 Å². The van der Waals surface area contributed by atoms with Gasteiger partial charge in [-0.05, 0) is 43.6 Å². The first-order chi connectivity index (χ1) is 9.50. The normalized spacial score (nSPS) is 25.4. The fraction of sp³-hybridized carbons (Fsp3) is 0.600. The average molecular weight is 286 g/mol. The summed E-state index contributed by atoms with van der Waals surface area (Å²) in [5.74, 6) is 4.69. The molecule has 0 amide bonds. The smallest absolute Gasteiger partial charge is 0.271 e. The van der Waals surface area contributed by atoms with E-state index in [9.17, 15) is 13.2 Å². The van der Waals surface area contributed by atoms with E-state index in [1.807, 2.05) is 30.3 Å². The van der Waals surface area contributed by atoms with Crippen molar-refractivity contribution in [2.75, 3.05) is 0 Å². The Morgan fingerprint density at radius 1 is 1.10 bits per heavy atom. The van der Waals surface area contributed by atoms with Crippen molar-refractivity contribution in [3.05, 3.63) is 35.9 Å². The molecule has 1 saturated carbocycles. The van der Waals surface area contributed by atoms with Gasteiger partial charge < -0.3 is 0 Å². The molecule has 1 aliphatic carbocycles. The standard InChI is InChI=1S/C15H21F3N2/c16-15(17,18)13-8-6-12(7-9-13)14(20-19)10-11-4-2-1-3-5-11/h1-5,12-14,20H,6-10,19H2. The summed E-state index contributed by atoms with van der Waals surface area (Å²) in [4.78, 5) is 0. The minimum atomic E-state index is -4.05. The molecular formula is C15H21F3N2. The van der Waals surface area contributed by atoms with Gasteiger partial charge in [-0.15, -0.1) is 0 Å². The molecule has 1 aromatic carbocycles. The Morgan fingerprint density at radius 3 is 2.20 bits per heavy atom. The van der Waals surface area contributed by atoms with E-state index in [4.69, 9.17) is 5.84 Å². The predicted octanol–water partition coefficient (Wildman–Crippen LogP) is 3.43. The molecule has 0 saturated heterocycles. The summed E-state index contributed by atoms with van der Waals surface area (Å²) in [7, 11) is 0. The number of nitrogens with two attached hydrogens (primary N) is 1. The predicted molar refractivity (Wildman–Crippen MR) is 72.8 cm³/mol. The van der Waals surface area contributed by atoms with Crippen LogP contribution in [0.3, 0.4) is 0 Å². The highest BCUT2D eigenvalue weighted by Gasteiger charge is 2.42. The lowest BCUT2D eigenvalue weighted by Gasteiger charge is -2.34. The summed E-state index contributed by atoms with van der Waals surface area (Å²) >= 11 is 0. The Labute approximate surface area is 117 Å². The van der Waals surface area contributed by atoms with Gasteiger partial charge in [-0.3, -0.25) is 11.3 Å². The van der Waals surface area contributed by atoms with Gasteiger partial charge in [0.2, 0.25) is 0 Å². The van der Waals surface area contributed by atoms with Crippen LogP contribution in [-0.4, -0.2) is 12.2 Å². The van der Waals surface area contributed by atoms with Crippen molar-refractivity contribution in [1.82, 2.24) is 5.43 Å². The highest BCUT2D eigenvalue weighted by atomic mass is 19.4. The van der Waals surface area contributed by atoms with Gasteiger partial charge in [0, 0.05) is 6.04 Å². The van der Waals surface area contributed by atoms with Crippen LogP contribution in [0.25, 0.3) is 0 Å². The van der Waals surface area contributed by atoms with Crippen LogP contribution in [0.2, 0.25) is 0 Å². The summed E-state index contributed by atoms with van der Waals surface area (Å²) in [6, 6.07) is 9.96. The largest absolute Gasteiger partial charge is 0.391 e. The van der Waals surface area contributed by atoms with Gasteiger partial charge in [-0.25, -0.2) is 0 Å². The Bertz CT molecular complexity index is 397. The maximum Gasteiger partial charge on any atom is 0.391 e. The molecule has 1 unspecified atom stereocenters. The van der Waals surface area contributed by atoms with E-state index in [-0.39, 0.29) is 24.8 Å². The van der Waals surface area contributed by atoms with Crippen molar-refractivity contribution in [2.45, 2.75) is 44.3 Å². The number of halogens is 3. The van der Waals surface area contributed by atoms with E-state index in [0.717, 1.165) is 12.0 Å². The van der Waals surface area contributed by atoms with Crippen LogP contribution in [0.15, 0.2) is 30.3 Å². The second-order valence-corrected chi connectivity index (χ2v) is 5.62. The minimum absolute atomic E-state index is 0.0478. The molecule has 20 heavy (non-hydrogen) atoms. The van der Waals surface area contributed by atoms with Crippen LogP contribution >= 0.6 is 0 Å². The molecule has 0 radical (unpaired) electrons. The van der Waals surface area contributed by atoms with E-state index in [0.29, 0.717) is 12.8 Å². The molecule has 0 aromatic heterocycles. The topological polar surface area (TPSA) is 38.0 Å². The number of nitrogens with one attached hydrogen (secondary N) is 1.